The number of para-hydroxylation sites is 4. The van der Waals surface area contributed by atoms with Crippen LogP contribution in [0.1, 0.15) is 0 Å². The molecule has 0 aliphatic carbocycles. The molecule has 6 aromatic heterocycles. The average molecular weight is 737 g/mol. The molecule has 0 amide bonds. The lowest BCUT2D eigenvalue weighted by atomic mass is 9.96. The summed E-state index contributed by atoms with van der Waals surface area (Å²) in [5, 5.41) is 14.4. The van der Waals surface area contributed by atoms with E-state index in [2.05, 4.69) is 179 Å². The molecule has 9 aromatic carbocycles. The van der Waals surface area contributed by atoms with Crippen LogP contribution < -0.4 is 0 Å². The molecular formula is C54H28N2O2. The Kier molecular flexibility index (Phi) is 5.14. The summed E-state index contributed by atoms with van der Waals surface area (Å²) in [7, 11) is 0. The van der Waals surface area contributed by atoms with Crippen molar-refractivity contribution >= 4 is 120 Å². The van der Waals surface area contributed by atoms with Crippen LogP contribution in [-0.4, -0.2) is 8.80 Å². The Labute approximate surface area is 328 Å². The van der Waals surface area contributed by atoms with Crippen molar-refractivity contribution in [1.29, 1.82) is 0 Å². The molecular weight excluding hydrogens is 709 g/mol. The zero-order chi connectivity index (χ0) is 37.4. The lowest BCUT2D eigenvalue weighted by Crippen LogP contribution is -1.84. The first kappa shape index (κ1) is 29.5. The molecule has 0 unspecified atom stereocenters. The average Bonchev–Trinajstić information content (AvgIpc) is 4.12. The number of hydrogen-bond donors (Lipinski definition) is 0. The molecule has 0 saturated heterocycles. The summed E-state index contributed by atoms with van der Waals surface area (Å²) in [6.45, 7) is 0. The van der Waals surface area contributed by atoms with Crippen molar-refractivity contribution in [3.8, 4) is 22.3 Å². The third-order valence-electron chi connectivity index (χ3n) is 13.1. The van der Waals surface area contributed by atoms with Crippen LogP contribution in [-0.2, 0) is 0 Å². The summed E-state index contributed by atoms with van der Waals surface area (Å²) < 4.78 is 18.1. The van der Waals surface area contributed by atoms with Gasteiger partial charge in [0.1, 0.15) is 22.3 Å². The van der Waals surface area contributed by atoms with E-state index in [0.717, 1.165) is 43.9 Å². The molecule has 0 spiro atoms. The summed E-state index contributed by atoms with van der Waals surface area (Å²) >= 11 is 0. The minimum Gasteiger partial charge on any atom is -0.455 e. The molecule has 0 saturated carbocycles. The molecule has 0 radical (unpaired) electrons. The SMILES string of the molecule is c1cc(-c2ccc3c(c2)c2cc4c5ccccc5oc4c4c5ccccc5n3c24)cc(-c2ccc3c(c2)c2cc4c5ccccc5oc4c4c5ccccc5n3c24)c1. The monoisotopic (exact) mass is 736 g/mol. The Morgan fingerprint density at radius 1 is 0.276 bits per heavy atom. The quantitative estimate of drug-likeness (QED) is 0.177. The third kappa shape index (κ3) is 3.46. The Morgan fingerprint density at radius 2 is 0.690 bits per heavy atom. The molecule has 6 heterocycles. The lowest BCUT2D eigenvalue weighted by molar-refractivity contribution is 0.672. The highest BCUT2D eigenvalue weighted by Crippen LogP contribution is 2.48. The van der Waals surface area contributed by atoms with Crippen LogP contribution in [0.5, 0.6) is 0 Å². The van der Waals surface area contributed by atoms with Crippen molar-refractivity contribution in [2.24, 2.45) is 0 Å². The van der Waals surface area contributed by atoms with Crippen LogP contribution in [0.2, 0.25) is 0 Å². The van der Waals surface area contributed by atoms with Crippen molar-refractivity contribution in [3.63, 3.8) is 0 Å². The highest BCUT2D eigenvalue weighted by atomic mass is 16.3. The molecule has 58 heavy (non-hydrogen) atoms. The minimum atomic E-state index is 0.924. The number of nitrogens with zero attached hydrogens (tertiary/aromatic N) is 2. The molecule has 0 aliphatic rings. The third-order valence-corrected chi connectivity index (χ3v) is 13.1. The van der Waals surface area contributed by atoms with E-state index in [9.17, 15) is 0 Å². The van der Waals surface area contributed by atoms with E-state index in [1.54, 1.807) is 0 Å². The maximum Gasteiger partial charge on any atom is 0.145 e. The first-order valence-electron chi connectivity index (χ1n) is 19.9. The molecule has 0 N–H and O–H groups in total. The summed E-state index contributed by atoms with van der Waals surface area (Å²) in [6.07, 6.45) is 0. The highest BCUT2D eigenvalue weighted by Gasteiger charge is 2.25. The fraction of sp³-hybridized carbons (Fsp3) is 0. The topological polar surface area (TPSA) is 35.1 Å². The smallest absolute Gasteiger partial charge is 0.145 e. The molecule has 4 heteroatoms. The maximum atomic E-state index is 6.61. The van der Waals surface area contributed by atoms with Gasteiger partial charge in [0.25, 0.3) is 0 Å². The maximum absolute atomic E-state index is 6.61. The molecule has 4 nitrogen and oxygen atoms in total. The van der Waals surface area contributed by atoms with E-state index in [1.807, 2.05) is 0 Å². The molecule has 15 aromatic rings. The van der Waals surface area contributed by atoms with Crippen molar-refractivity contribution in [2.45, 2.75) is 0 Å². The van der Waals surface area contributed by atoms with Gasteiger partial charge < -0.3 is 17.6 Å². The fourth-order valence-electron chi connectivity index (χ4n) is 10.7. The van der Waals surface area contributed by atoms with Crippen LogP contribution >= 0.6 is 0 Å². The Balaban J connectivity index is 0.947. The van der Waals surface area contributed by atoms with Gasteiger partial charge >= 0.3 is 0 Å². The van der Waals surface area contributed by atoms with E-state index < -0.39 is 0 Å². The predicted molar refractivity (Wildman–Crippen MR) is 241 cm³/mol. The first-order valence-corrected chi connectivity index (χ1v) is 19.9. The second-order valence-electron chi connectivity index (χ2n) is 16.0. The van der Waals surface area contributed by atoms with Gasteiger partial charge in [0, 0.05) is 53.9 Å². The summed E-state index contributed by atoms with van der Waals surface area (Å²) in [5.41, 5.74) is 15.8. The van der Waals surface area contributed by atoms with Crippen LogP contribution in [0.15, 0.2) is 179 Å². The van der Waals surface area contributed by atoms with E-state index in [0.29, 0.717) is 0 Å². The largest absolute Gasteiger partial charge is 0.455 e. The van der Waals surface area contributed by atoms with Gasteiger partial charge in [-0.15, -0.1) is 0 Å². The number of fused-ring (bicyclic) bond motifs is 20. The zero-order valence-electron chi connectivity index (χ0n) is 30.9. The zero-order valence-corrected chi connectivity index (χ0v) is 30.9. The highest BCUT2D eigenvalue weighted by molar-refractivity contribution is 6.34. The lowest BCUT2D eigenvalue weighted by Gasteiger charge is -2.08. The van der Waals surface area contributed by atoms with Gasteiger partial charge in [-0.05, 0) is 89.0 Å². The predicted octanol–water partition coefficient (Wildman–Crippen LogP) is 15.1. The standard InChI is InChI=1S/C54H28N2O2/c1-5-16-43-35(14-1)49-51-39(27-41-33-12-3-7-18-47(33)57-53(41)49)37-25-31(20-22-45(37)55(43)51)29-10-9-11-30(24-29)32-21-23-46-38(26-32)40-28-42-34-13-4-8-19-48(34)58-54(42)50-36-15-2-6-17-44(36)56(46)52(40)50/h1-28H. The Bertz CT molecular complexity index is 3990. The Morgan fingerprint density at radius 3 is 1.19 bits per heavy atom. The normalized spacial score (nSPS) is 12.8. The van der Waals surface area contributed by atoms with Crippen molar-refractivity contribution in [2.75, 3.05) is 0 Å². The molecule has 0 aliphatic heterocycles. The van der Waals surface area contributed by atoms with Gasteiger partial charge in [-0.3, -0.25) is 0 Å². The van der Waals surface area contributed by atoms with Crippen LogP contribution in [0.3, 0.4) is 0 Å². The van der Waals surface area contributed by atoms with Gasteiger partial charge in [-0.25, -0.2) is 0 Å². The number of rotatable bonds is 2. The molecule has 0 atom stereocenters. The van der Waals surface area contributed by atoms with Gasteiger partial charge in [-0.1, -0.05) is 103 Å². The minimum absolute atomic E-state index is 0.924. The van der Waals surface area contributed by atoms with Crippen LogP contribution in [0.4, 0.5) is 0 Å². The Hall–Kier alpha value is -7.82. The van der Waals surface area contributed by atoms with Crippen molar-refractivity contribution in [3.05, 3.63) is 170 Å². The van der Waals surface area contributed by atoms with E-state index in [-0.39, 0.29) is 0 Å². The summed E-state index contributed by atoms with van der Waals surface area (Å²) in [6, 6.07) is 62.0. The summed E-state index contributed by atoms with van der Waals surface area (Å²) in [5.74, 6) is 0. The van der Waals surface area contributed by atoms with E-state index in [4.69, 9.17) is 8.83 Å². The number of benzene rings is 9. The van der Waals surface area contributed by atoms with Gasteiger partial charge in [0.2, 0.25) is 0 Å². The van der Waals surface area contributed by atoms with Crippen molar-refractivity contribution in [1.82, 2.24) is 8.80 Å². The molecule has 266 valence electrons. The molecule has 0 bridgehead atoms. The fourth-order valence-corrected chi connectivity index (χ4v) is 10.7. The van der Waals surface area contributed by atoms with Gasteiger partial charge in [-0.2, -0.15) is 0 Å². The molecule has 0 fully saturated rings. The second kappa shape index (κ2) is 10.1. The summed E-state index contributed by atoms with van der Waals surface area (Å²) in [4.78, 5) is 0. The van der Waals surface area contributed by atoms with Crippen molar-refractivity contribution < 1.29 is 8.83 Å². The van der Waals surface area contributed by atoms with Crippen LogP contribution in [0.25, 0.3) is 142 Å². The number of aromatic nitrogens is 2. The second-order valence-corrected chi connectivity index (χ2v) is 16.0. The number of furan rings is 2. The van der Waals surface area contributed by atoms with E-state index >= 15 is 0 Å². The van der Waals surface area contributed by atoms with Gasteiger partial charge in [0.15, 0.2) is 0 Å². The molecule has 15 rings (SSSR count). The van der Waals surface area contributed by atoms with Gasteiger partial charge in [0.05, 0.1) is 43.9 Å². The first-order chi connectivity index (χ1) is 28.8. The van der Waals surface area contributed by atoms with Crippen LogP contribution in [0, 0.1) is 0 Å². The number of hydrogen-bond acceptors (Lipinski definition) is 2. The van der Waals surface area contributed by atoms with E-state index in [1.165, 1.54) is 98.4 Å².